The molecule has 1 amide bonds. The number of rotatable bonds is 7. The van der Waals surface area contributed by atoms with E-state index in [1.807, 2.05) is 5.32 Å². The first-order chi connectivity index (χ1) is 13.5. The number of hydrogen-bond donors (Lipinski definition) is 4. The molecule has 10 heteroatoms. The van der Waals surface area contributed by atoms with E-state index in [4.69, 9.17) is 5.73 Å². The van der Waals surface area contributed by atoms with Gasteiger partial charge in [0.2, 0.25) is 0 Å². The lowest BCUT2D eigenvalue weighted by atomic mass is 9.99. The van der Waals surface area contributed by atoms with Crippen molar-refractivity contribution in [1.29, 1.82) is 0 Å². The number of carboxylic acids is 1. The van der Waals surface area contributed by atoms with Crippen molar-refractivity contribution in [3.8, 4) is 0 Å². The molecule has 0 bridgehead atoms. The molecular formula is C19H18F4N2O4. The number of alkyl halides is 3. The predicted octanol–water partition coefficient (Wildman–Crippen LogP) is 2.02. The van der Waals surface area contributed by atoms with Gasteiger partial charge in [0.1, 0.15) is 11.9 Å². The molecule has 2 aromatic carbocycles. The van der Waals surface area contributed by atoms with Crippen LogP contribution in [0.1, 0.15) is 22.7 Å². The predicted molar refractivity (Wildman–Crippen MR) is 94.0 cm³/mol. The van der Waals surface area contributed by atoms with Gasteiger partial charge in [0.05, 0.1) is 5.56 Å². The molecule has 0 unspecified atom stereocenters. The highest BCUT2D eigenvalue weighted by molar-refractivity contribution is 5.87. The van der Waals surface area contributed by atoms with E-state index in [2.05, 4.69) is 0 Å². The Labute approximate surface area is 163 Å². The third-order valence-corrected chi connectivity index (χ3v) is 4.17. The number of halogens is 4. The Morgan fingerprint density at radius 2 is 1.69 bits per heavy atom. The van der Waals surface area contributed by atoms with Gasteiger partial charge in [0.15, 0.2) is 6.04 Å². The van der Waals surface area contributed by atoms with E-state index in [1.165, 1.54) is 0 Å². The molecule has 0 saturated heterocycles. The van der Waals surface area contributed by atoms with Crippen molar-refractivity contribution in [2.24, 2.45) is 5.73 Å². The van der Waals surface area contributed by atoms with Gasteiger partial charge in [0, 0.05) is 11.6 Å². The number of amides is 1. The second-order valence-electron chi connectivity index (χ2n) is 6.28. The van der Waals surface area contributed by atoms with Crippen LogP contribution in [0.4, 0.5) is 17.6 Å². The van der Waals surface area contributed by atoms with Crippen molar-refractivity contribution in [3.05, 3.63) is 71.0 Å². The number of aliphatic hydroxyl groups is 1. The first kappa shape index (κ1) is 22.3. The van der Waals surface area contributed by atoms with Crippen LogP contribution in [0, 0.1) is 5.82 Å². The largest absolute Gasteiger partial charge is 0.479 e. The van der Waals surface area contributed by atoms with E-state index in [9.17, 15) is 37.4 Å². The van der Waals surface area contributed by atoms with Crippen molar-refractivity contribution in [2.45, 2.75) is 30.8 Å². The molecule has 156 valence electrons. The fraction of sp³-hybridized carbons (Fsp3) is 0.263. The first-order valence-electron chi connectivity index (χ1n) is 8.38. The summed E-state index contributed by atoms with van der Waals surface area (Å²) in [6.45, 7) is 0. The number of carbonyl (C=O) groups excluding carboxylic acids is 1. The fourth-order valence-corrected chi connectivity index (χ4v) is 2.68. The van der Waals surface area contributed by atoms with Crippen molar-refractivity contribution in [2.75, 3.05) is 0 Å². The maximum Gasteiger partial charge on any atom is 0.419 e. The average molecular weight is 414 g/mol. The maximum absolute atomic E-state index is 14.3. The molecule has 5 N–H and O–H groups in total. The van der Waals surface area contributed by atoms with E-state index in [1.54, 1.807) is 30.3 Å². The highest BCUT2D eigenvalue weighted by atomic mass is 19.4. The number of hydrogen-bond acceptors (Lipinski definition) is 4. The third kappa shape index (κ3) is 5.52. The minimum absolute atomic E-state index is 0.0745. The molecule has 0 radical (unpaired) electrons. The van der Waals surface area contributed by atoms with E-state index >= 15 is 0 Å². The second kappa shape index (κ2) is 9.01. The minimum atomic E-state index is -5.05. The van der Waals surface area contributed by atoms with Gasteiger partial charge in [-0.3, -0.25) is 4.79 Å². The molecule has 2 aromatic rings. The molecule has 0 aliphatic rings. The summed E-state index contributed by atoms with van der Waals surface area (Å²) in [5, 5.41) is 21.2. The van der Waals surface area contributed by atoms with Crippen molar-refractivity contribution in [1.82, 2.24) is 5.32 Å². The lowest BCUT2D eigenvalue weighted by Gasteiger charge is -2.22. The Morgan fingerprint density at radius 3 is 2.24 bits per heavy atom. The Hall–Kier alpha value is -2.98. The molecule has 2 rings (SSSR count). The lowest BCUT2D eigenvalue weighted by Crippen LogP contribution is -2.49. The van der Waals surface area contributed by atoms with Gasteiger partial charge >= 0.3 is 12.1 Å². The molecule has 3 atom stereocenters. The average Bonchev–Trinajstić information content (AvgIpc) is 2.65. The van der Waals surface area contributed by atoms with Crippen LogP contribution in [0.2, 0.25) is 0 Å². The van der Waals surface area contributed by atoms with E-state index in [0.717, 1.165) is 12.1 Å². The van der Waals surface area contributed by atoms with Gasteiger partial charge in [-0.2, -0.15) is 13.2 Å². The fourth-order valence-electron chi connectivity index (χ4n) is 2.68. The first-order valence-corrected chi connectivity index (χ1v) is 8.38. The van der Waals surface area contributed by atoms with Crippen LogP contribution in [0.15, 0.2) is 48.5 Å². The molecule has 0 saturated carbocycles. The van der Waals surface area contributed by atoms with E-state index in [0.29, 0.717) is 11.6 Å². The minimum Gasteiger partial charge on any atom is -0.479 e. The van der Waals surface area contributed by atoms with Crippen LogP contribution in [0.3, 0.4) is 0 Å². The van der Waals surface area contributed by atoms with Crippen molar-refractivity contribution in [3.63, 3.8) is 0 Å². The summed E-state index contributed by atoms with van der Waals surface area (Å²) in [4.78, 5) is 23.7. The molecule has 29 heavy (non-hydrogen) atoms. The Morgan fingerprint density at radius 1 is 1.07 bits per heavy atom. The summed E-state index contributed by atoms with van der Waals surface area (Å²) in [6.07, 6.45) is -6.85. The third-order valence-electron chi connectivity index (χ3n) is 4.17. The standard InChI is InChI=1S/C19H18F4N2O4/c20-14-11(7-4-8-12(14)19(21,22)23)15(18(28)29)25-17(27)16(26)13(24)9-10-5-2-1-3-6-10/h1-8,13,15-16,26H,9,24H2,(H,25,27)(H,28,29)/t13-,15-,16+/m1/s1. The number of carboxylic acid groups (broad SMARTS) is 1. The van der Waals surface area contributed by atoms with Gasteiger partial charge in [-0.05, 0) is 18.1 Å². The second-order valence-corrected chi connectivity index (χ2v) is 6.28. The van der Waals surface area contributed by atoms with Crippen molar-refractivity contribution >= 4 is 11.9 Å². The molecule has 6 nitrogen and oxygen atoms in total. The summed E-state index contributed by atoms with van der Waals surface area (Å²) in [6, 6.07) is 7.37. The number of nitrogens with two attached hydrogens (primary N) is 1. The summed E-state index contributed by atoms with van der Waals surface area (Å²) in [7, 11) is 0. The van der Waals surface area contributed by atoms with E-state index < -0.39 is 53.2 Å². The molecule has 0 spiro atoms. The molecule has 0 fully saturated rings. The normalized spacial score (nSPS) is 14.7. The highest BCUT2D eigenvalue weighted by Crippen LogP contribution is 2.34. The Kier molecular flexibility index (Phi) is 6.93. The maximum atomic E-state index is 14.3. The summed E-state index contributed by atoms with van der Waals surface area (Å²) in [5.41, 5.74) is 3.90. The SMILES string of the molecule is N[C@H](Cc1ccccc1)[C@H](O)C(=O)N[C@@H](C(=O)O)c1cccc(C(F)(F)F)c1F. The molecule has 0 heterocycles. The van der Waals surface area contributed by atoms with Crippen LogP contribution in [-0.4, -0.2) is 34.2 Å². The summed E-state index contributed by atoms with van der Waals surface area (Å²) < 4.78 is 52.9. The quantitative estimate of drug-likeness (QED) is 0.518. The number of carbonyl (C=O) groups is 2. The van der Waals surface area contributed by atoms with E-state index in [-0.39, 0.29) is 6.42 Å². The van der Waals surface area contributed by atoms with Gasteiger partial charge in [0.25, 0.3) is 5.91 Å². The van der Waals surface area contributed by atoms with Gasteiger partial charge in [-0.15, -0.1) is 0 Å². The van der Waals surface area contributed by atoms with Crippen LogP contribution in [0.25, 0.3) is 0 Å². The molecule has 0 aromatic heterocycles. The van der Waals surface area contributed by atoms with Crippen LogP contribution >= 0.6 is 0 Å². The van der Waals surface area contributed by atoms with Crippen molar-refractivity contribution < 1.29 is 37.4 Å². The zero-order valence-electron chi connectivity index (χ0n) is 14.9. The number of aliphatic carboxylic acids is 1. The molecule has 0 aliphatic carbocycles. The zero-order chi connectivity index (χ0) is 21.8. The van der Waals surface area contributed by atoms with Crippen LogP contribution < -0.4 is 11.1 Å². The zero-order valence-corrected chi connectivity index (χ0v) is 14.9. The summed E-state index contributed by atoms with van der Waals surface area (Å²) >= 11 is 0. The van der Waals surface area contributed by atoms with Crippen LogP contribution in [0.5, 0.6) is 0 Å². The Bertz CT molecular complexity index is 874. The number of aliphatic hydroxyl groups excluding tert-OH is 1. The van der Waals surface area contributed by atoms with Crippen LogP contribution in [-0.2, 0) is 22.2 Å². The number of nitrogens with one attached hydrogen (secondary N) is 1. The molecule has 0 aliphatic heterocycles. The topological polar surface area (TPSA) is 113 Å². The number of benzene rings is 2. The van der Waals surface area contributed by atoms with Gasteiger partial charge < -0.3 is 21.3 Å². The highest BCUT2D eigenvalue weighted by Gasteiger charge is 2.38. The Balaban J connectivity index is 2.20. The lowest BCUT2D eigenvalue weighted by molar-refractivity contribution is -0.144. The van der Waals surface area contributed by atoms with Gasteiger partial charge in [-0.1, -0.05) is 42.5 Å². The van der Waals surface area contributed by atoms with Gasteiger partial charge in [-0.25, -0.2) is 9.18 Å². The monoisotopic (exact) mass is 414 g/mol. The summed E-state index contributed by atoms with van der Waals surface area (Å²) in [5.74, 6) is -4.88. The molecular weight excluding hydrogens is 396 g/mol. The smallest absolute Gasteiger partial charge is 0.419 e.